The third kappa shape index (κ3) is 8.05. The van der Waals surface area contributed by atoms with Crippen LogP contribution >= 0.6 is 11.8 Å². The number of guanidine groups is 1. The maximum absolute atomic E-state index is 12.3. The van der Waals surface area contributed by atoms with Crippen molar-refractivity contribution in [2.45, 2.75) is 30.0 Å². The number of aliphatic imine (C=N–C) groups is 1. The Hall–Kier alpha value is -2.47. The number of nitrogens with one attached hydrogen (secondary N) is 2. The Morgan fingerprint density at radius 3 is 2.36 bits per heavy atom. The van der Waals surface area contributed by atoms with Gasteiger partial charge in [0, 0.05) is 50.3 Å². The van der Waals surface area contributed by atoms with E-state index in [-0.39, 0.29) is 5.91 Å². The quantitative estimate of drug-likeness (QED) is 0.386. The highest BCUT2D eigenvalue weighted by atomic mass is 32.2. The lowest BCUT2D eigenvalue weighted by atomic mass is 10.2. The van der Waals surface area contributed by atoms with Crippen LogP contribution in [0.5, 0.6) is 0 Å². The number of nitrogens with zero attached hydrogens (tertiary/aromatic N) is 2. The molecule has 0 aliphatic heterocycles. The van der Waals surface area contributed by atoms with Crippen LogP contribution in [0.3, 0.4) is 0 Å². The summed E-state index contributed by atoms with van der Waals surface area (Å²) in [5.41, 5.74) is 1.13. The van der Waals surface area contributed by atoms with Crippen LogP contribution in [-0.2, 0) is 11.3 Å². The third-order valence-corrected chi connectivity index (χ3v) is 5.29. The summed E-state index contributed by atoms with van der Waals surface area (Å²) in [5, 5.41) is 6.95. The van der Waals surface area contributed by atoms with Crippen LogP contribution < -0.4 is 10.6 Å². The molecule has 150 valence electrons. The second-order valence-electron chi connectivity index (χ2n) is 6.61. The smallest absolute Gasteiger partial charge is 0.224 e. The molecule has 2 rings (SSSR count). The first-order valence-electron chi connectivity index (χ1n) is 9.52. The van der Waals surface area contributed by atoms with Crippen LogP contribution in [0, 0.1) is 0 Å². The average molecular weight is 399 g/mol. The van der Waals surface area contributed by atoms with Gasteiger partial charge in [0.25, 0.3) is 0 Å². The Morgan fingerprint density at radius 2 is 1.71 bits per heavy atom. The van der Waals surface area contributed by atoms with E-state index in [4.69, 9.17) is 0 Å². The standard InChI is InChI=1S/C22H30N4OS/c1-18(28-20-12-8-5-9-13-20)16-25-22(23-2)24-15-14-21(27)26(3)17-19-10-6-4-7-11-19/h4-13,18H,14-17H2,1-3H3,(H2,23,24,25). The van der Waals surface area contributed by atoms with Crippen molar-refractivity contribution in [1.29, 1.82) is 0 Å². The van der Waals surface area contributed by atoms with Gasteiger partial charge >= 0.3 is 0 Å². The Bertz CT molecular complexity index is 737. The molecule has 28 heavy (non-hydrogen) atoms. The van der Waals surface area contributed by atoms with Crippen LogP contribution in [0.1, 0.15) is 18.9 Å². The molecule has 0 heterocycles. The van der Waals surface area contributed by atoms with E-state index in [2.05, 4.69) is 46.8 Å². The molecule has 5 nitrogen and oxygen atoms in total. The zero-order valence-corrected chi connectivity index (χ0v) is 17.7. The van der Waals surface area contributed by atoms with Gasteiger partial charge in [0.15, 0.2) is 5.96 Å². The summed E-state index contributed by atoms with van der Waals surface area (Å²) in [6, 6.07) is 20.4. The van der Waals surface area contributed by atoms with Crippen molar-refractivity contribution in [3.63, 3.8) is 0 Å². The second-order valence-corrected chi connectivity index (χ2v) is 8.12. The molecule has 0 bridgehead atoms. The van der Waals surface area contributed by atoms with E-state index >= 15 is 0 Å². The molecular formula is C22H30N4OS. The molecule has 6 heteroatoms. The molecule has 1 amide bonds. The molecule has 0 spiro atoms. The molecule has 0 aliphatic carbocycles. The summed E-state index contributed by atoms with van der Waals surface area (Å²) in [6.45, 7) is 4.15. The lowest BCUT2D eigenvalue weighted by Crippen LogP contribution is -2.41. The first kappa shape index (κ1) is 21.8. The highest BCUT2D eigenvalue weighted by molar-refractivity contribution is 8.00. The van der Waals surface area contributed by atoms with E-state index in [1.165, 1.54) is 4.90 Å². The fraction of sp³-hybridized carbons (Fsp3) is 0.364. The van der Waals surface area contributed by atoms with Crippen molar-refractivity contribution in [2.75, 3.05) is 27.2 Å². The SMILES string of the molecule is CN=C(NCCC(=O)N(C)Cc1ccccc1)NCC(C)Sc1ccccc1. The van der Waals surface area contributed by atoms with Crippen LogP contribution in [0.15, 0.2) is 70.6 Å². The molecule has 0 aliphatic rings. The topological polar surface area (TPSA) is 56.7 Å². The molecule has 1 atom stereocenters. The number of rotatable bonds is 9. The van der Waals surface area contributed by atoms with E-state index in [9.17, 15) is 4.79 Å². The third-order valence-electron chi connectivity index (χ3n) is 4.18. The zero-order chi connectivity index (χ0) is 20.2. The summed E-state index contributed by atoms with van der Waals surface area (Å²) in [4.78, 5) is 19.6. The molecular weight excluding hydrogens is 368 g/mol. The minimum atomic E-state index is 0.111. The first-order chi connectivity index (χ1) is 13.6. The van der Waals surface area contributed by atoms with Gasteiger partial charge in [-0.15, -0.1) is 11.8 Å². The fourth-order valence-electron chi connectivity index (χ4n) is 2.66. The van der Waals surface area contributed by atoms with Crippen molar-refractivity contribution in [3.8, 4) is 0 Å². The lowest BCUT2D eigenvalue weighted by molar-refractivity contribution is -0.130. The number of amides is 1. The molecule has 0 saturated carbocycles. The van der Waals surface area contributed by atoms with Gasteiger partial charge in [-0.05, 0) is 17.7 Å². The summed E-state index contributed by atoms with van der Waals surface area (Å²) < 4.78 is 0. The normalized spacial score (nSPS) is 12.3. The van der Waals surface area contributed by atoms with Crippen molar-refractivity contribution < 1.29 is 4.79 Å². The van der Waals surface area contributed by atoms with Gasteiger partial charge in [-0.1, -0.05) is 55.5 Å². The second kappa shape index (κ2) is 12.1. The predicted molar refractivity (Wildman–Crippen MR) is 119 cm³/mol. The first-order valence-corrected chi connectivity index (χ1v) is 10.4. The van der Waals surface area contributed by atoms with Crippen LogP contribution in [0.25, 0.3) is 0 Å². The van der Waals surface area contributed by atoms with Gasteiger partial charge < -0.3 is 15.5 Å². The van der Waals surface area contributed by atoms with E-state index < -0.39 is 0 Å². The lowest BCUT2D eigenvalue weighted by Gasteiger charge is -2.19. The number of carbonyl (C=O) groups is 1. The van der Waals surface area contributed by atoms with Crippen molar-refractivity contribution in [3.05, 3.63) is 66.2 Å². The molecule has 2 aromatic carbocycles. The highest BCUT2D eigenvalue weighted by Crippen LogP contribution is 2.21. The van der Waals surface area contributed by atoms with Gasteiger partial charge in [0.2, 0.25) is 5.91 Å². The van der Waals surface area contributed by atoms with Gasteiger partial charge in [0.1, 0.15) is 0 Å². The highest BCUT2D eigenvalue weighted by Gasteiger charge is 2.10. The van der Waals surface area contributed by atoms with Crippen LogP contribution in [0.4, 0.5) is 0 Å². The van der Waals surface area contributed by atoms with Gasteiger partial charge in [-0.2, -0.15) is 0 Å². The summed E-state index contributed by atoms with van der Waals surface area (Å²) in [7, 11) is 3.58. The Morgan fingerprint density at radius 1 is 1.07 bits per heavy atom. The number of thioether (sulfide) groups is 1. The number of hydrogen-bond donors (Lipinski definition) is 2. The Kier molecular flexibility index (Phi) is 9.42. The maximum atomic E-state index is 12.3. The van der Waals surface area contributed by atoms with Gasteiger partial charge in [-0.25, -0.2) is 0 Å². The largest absolute Gasteiger partial charge is 0.356 e. The van der Waals surface area contributed by atoms with E-state index in [0.29, 0.717) is 24.8 Å². The predicted octanol–water partition coefficient (Wildman–Crippen LogP) is 3.38. The van der Waals surface area contributed by atoms with Gasteiger partial charge in [0.05, 0.1) is 0 Å². The number of benzene rings is 2. The summed E-state index contributed by atoms with van der Waals surface area (Å²) in [5.74, 6) is 0.832. The molecule has 2 aromatic rings. The van der Waals surface area contributed by atoms with Gasteiger partial charge in [-0.3, -0.25) is 9.79 Å². The number of hydrogen-bond acceptors (Lipinski definition) is 3. The number of carbonyl (C=O) groups excluding carboxylic acids is 1. The van der Waals surface area contributed by atoms with Crippen molar-refractivity contribution >= 4 is 23.6 Å². The Labute approximate surface area is 172 Å². The monoisotopic (exact) mass is 398 g/mol. The molecule has 0 saturated heterocycles. The zero-order valence-electron chi connectivity index (χ0n) is 16.9. The molecule has 1 unspecified atom stereocenters. The average Bonchev–Trinajstić information content (AvgIpc) is 2.71. The summed E-state index contributed by atoms with van der Waals surface area (Å²) in [6.07, 6.45) is 0.429. The van der Waals surface area contributed by atoms with E-state index in [1.54, 1.807) is 11.9 Å². The minimum Gasteiger partial charge on any atom is -0.356 e. The Balaban J connectivity index is 1.66. The maximum Gasteiger partial charge on any atom is 0.224 e. The van der Waals surface area contributed by atoms with Crippen molar-refractivity contribution in [1.82, 2.24) is 15.5 Å². The van der Waals surface area contributed by atoms with Crippen LogP contribution in [-0.4, -0.2) is 49.2 Å². The van der Waals surface area contributed by atoms with E-state index in [1.807, 2.05) is 55.2 Å². The molecule has 2 N–H and O–H groups in total. The summed E-state index contributed by atoms with van der Waals surface area (Å²) >= 11 is 1.82. The van der Waals surface area contributed by atoms with E-state index in [0.717, 1.165) is 18.1 Å². The minimum absolute atomic E-state index is 0.111. The molecule has 0 radical (unpaired) electrons. The van der Waals surface area contributed by atoms with Crippen molar-refractivity contribution in [2.24, 2.45) is 4.99 Å². The fourth-order valence-corrected chi connectivity index (χ4v) is 3.60. The molecule has 0 aromatic heterocycles. The molecule has 0 fully saturated rings. The van der Waals surface area contributed by atoms with Crippen LogP contribution in [0.2, 0.25) is 0 Å².